The minimum Gasteiger partial charge on any atom is -0.484 e. The molecule has 1 aromatic rings. The van der Waals surface area contributed by atoms with Crippen LogP contribution in [0.3, 0.4) is 0 Å². The van der Waals surface area contributed by atoms with Gasteiger partial charge in [-0.15, -0.1) is 0 Å². The maximum atomic E-state index is 12.1. The second-order valence-corrected chi connectivity index (χ2v) is 5.73. The number of benzene rings is 1. The van der Waals surface area contributed by atoms with E-state index in [0.717, 1.165) is 25.9 Å². The Bertz CT molecular complexity index is 514. The van der Waals surface area contributed by atoms with Crippen molar-refractivity contribution >= 4 is 5.91 Å². The fourth-order valence-electron chi connectivity index (χ4n) is 2.50. The molecule has 4 nitrogen and oxygen atoms in total. The first-order valence-electron chi connectivity index (χ1n) is 7.68. The first kappa shape index (κ1) is 17.6. The summed E-state index contributed by atoms with van der Waals surface area (Å²) in [6.07, 6.45) is -1.94. The molecule has 1 amide bonds. The monoisotopic (exact) mass is 330 g/mol. The van der Waals surface area contributed by atoms with E-state index in [9.17, 15) is 18.0 Å². The first-order valence-corrected chi connectivity index (χ1v) is 7.68. The number of carbonyl (C=O) groups excluding carboxylic acids is 1. The van der Waals surface area contributed by atoms with Gasteiger partial charge in [0, 0.05) is 13.0 Å². The number of alkyl halides is 3. The largest absolute Gasteiger partial charge is 0.484 e. The van der Waals surface area contributed by atoms with E-state index in [1.807, 2.05) is 0 Å². The van der Waals surface area contributed by atoms with E-state index in [0.29, 0.717) is 17.9 Å². The Hall–Kier alpha value is -1.76. The van der Waals surface area contributed by atoms with Crippen LogP contribution in [-0.4, -0.2) is 31.8 Å². The molecular formula is C16H21F3N2O2. The molecule has 1 atom stereocenters. The van der Waals surface area contributed by atoms with E-state index in [2.05, 4.69) is 15.4 Å². The normalized spacial score (nSPS) is 18.0. The van der Waals surface area contributed by atoms with Gasteiger partial charge in [0.2, 0.25) is 5.91 Å². The molecule has 0 aromatic heterocycles. The molecule has 0 radical (unpaired) electrons. The van der Waals surface area contributed by atoms with E-state index >= 15 is 0 Å². The van der Waals surface area contributed by atoms with Gasteiger partial charge in [-0.3, -0.25) is 4.79 Å². The van der Waals surface area contributed by atoms with E-state index in [1.165, 1.54) is 12.1 Å². The summed E-state index contributed by atoms with van der Waals surface area (Å²) in [7, 11) is 0. The molecule has 1 unspecified atom stereocenters. The van der Waals surface area contributed by atoms with Gasteiger partial charge in [-0.05, 0) is 49.5 Å². The summed E-state index contributed by atoms with van der Waals surface area (Å²) < 4.78 is 41.1. The highest BCUT2D eigenvalue weighted by molar-refractivity contribution is 5.75. The zero-order valence-electron chi connectivity index (χ0n) is 12.8. The molecule has 128 valence electrons. The lowest BCUT2D eigenvalue weighted by Gasteiger charge is -2.11. The predicted octanol–water partition coefficient (Wildman–Crippen LogP) is 2.63. The topological polar surface area (TPSA) is 50.4 Å². The number of nitrogens with one attached hydrogen (secondary N) is 2. The second-order valence-electron chi connectivity index (χ2n) is 5.73. The van der Waals surface area contributed by atoms with Crippen LogP contribution in [0.5, 0.6) is 5.75 Å². The minimum absolute atomic E-state index is 0.0430. The minimum atomic E-state index is -4.36. The van der Waals surface area contributed by atoms with Crippen molar-refractivity contribution in [3.8, 4) is 5.75 Å². The molecule has 23 heavy (non-hydrogen) atoms. The molecule has 1 heterocycles. The summed E-state index contributed by atoms with van der Waals surface area (Å²) in [5.74, 6) is 0.657. The van der Waals surface area contributed by atoms with E-state index in [-0.39, 0.29) is 18.2 Å². The Morgan fingerprint density at radius 3 is 2.91 bits per heavy atom. The van der Waals surface area contributed by atoms with Crippen LogP contribution < -0.4 is 15.4 Å². The molecule has 1 aliphatic heterocycles. The van der Waals surface area contributed by atoms with Crippen LogP contribution in [0.1, 0.15) is 24.8 Å². The number of hydrogen-bond acceptors (Lipinski definition) is 3. The summed E-state index contributed by atoms with van der Waals surface area (Å²) in [5.41, 5.74) is 0.709. The van der Waals surface area contributed by atoms with Gasteiger partial charge in [-0.1, -0.05) is 12.1 Å². The zero-order chi connectivity index (χ0) is 16.7. The Morgan fingerprint density at radius 1 is 1.39 bits per heavy atom. The van der Waals surface area contributed by atoms with Gasteiger partial charge < -0.3 is 15.4 Å². The number of rotatable bonds is 7. The number of carbonyl (C=O) groups is 1. The van der Waals surface area contributed by atoms with Crippen molar-refractivity contribution in [2.24, 2.45) is 5.92 Å². The zero-order valence-corrected chi connectivity index (χ0v) is 12.8. The lowest BCUT2D eigenvalue weighted by atomic mass is 10.0. The Labute approximate surface area is 133 Å². The third-order valence-corrected chi connectivity index (χ3v) is 3.73. The number of hydrogen-bond donors (Lipinski definition) is 2. The smallest absolute Gasteiger partial charge is 0.422 e. The van der Waals surface area contributed by atoms with Gasteiger partial charge in [0.15, 0.2) is 6.61 Å². The molecule has 1 aliphatic rings. The average Bonchev–Trinajstić information content (AvgIpc) is 3.02. The molecule has 0 saturated carbocycles. The van der Waals surface area contributed by atoms with Gasteiger partial charge in [-0.2, -0.15) is 13.2 Å². The molecule has 0 spiro atoms. The molecule has 2 N–H and O–H groups in total. The van der Waals surface area contributed by atoms with Gasteiger partial charge in [-0.25, -0.2) is 0 Å². The first-order chi connectivity index (χ1) is 10.9. The van der Waals surface area contributed by atoms with Crippen molar-refractivity contribution in [2.75, 3.05) is 19.7 Å². The maximum absolute atomic E-state index is 12.1. The second kappa shape index (κ2) is 8.19. The predicted molar refractivity (Wildman–Crippen MR) is 80.0 cm³/mol. The third kappa shape index (κ3) is 6.90. The number of ether oxygens (including phenoxy) is 1. The molecule has 2 rings (SSSR count). The highest BCUT2D eigenvalue weighted by atomic mass is 19.4. The van der Waals surface area contributed by atoms with Gasteiger partial charge in [0.05, 0.1) is 0 Å². The van der Waals surface area contributed by atoms with Crippen LogP contribution in [-0.2, 0) is 11.3 Å². The fourth-order valence-corrected chi connectivity index (χ4v) is 2.50. The summed E-state index contributed by atoms with van der Waals surface area (Å²) in [4.78, 5) is 11.8. The summed E-state index contributed by atoms with van der Waals surface area (Å²) in [5, 5.41) is 6.04. The van der Waals surface area contributed by atoms with Crippen LogP contribution in [0.25, 0.3) is 0 Å². The molecule has 0 aliphatic carbocycles. The van der Waals surface area contributed by atoms with Gasteiger partial charge in [0.25, 0.3) is 0 Å². The van der Waals surface area contributed by atoms with Crippen molar-refractivity contribution in [1.82, 2.24) is 10.6 Å². The Kier molecular flexibility index (Phi) is 6.27. The quantitative estimate of drug-likeness (QED) is 0.808. The van der Waals surface area contributed by atoms with Crippen molar-refractivity contribution in [2.45, 2.75) is 32.0 Å². The lowest BCUT2D eigenvalue weighted by Crippen LogP contribution is -2.23. The standard InChI is InChI=1S/C16H21F3N2O2/c17-16(18,19)11-23-14-3-1-2-13(8-14)10-21-15(22)5-4-12-6-7-20-9-12/h1-3,8,12,20H,4-7,9-11H2,(H,21,22). The van der Waals surface area contributed by atoms with Crippen molar-refractivity contribution in [3.05, 3.63) is 29.8 Å². The number of halogens is 3. The highest BCUT2D eigenvalue weighted by Crippen LogP contribution is 2.19. The Balaban J connectivity index is 1.73. The maximum Gasteiger partial charge on any atom is 0.422 e. The average molecular weight is 330 g/mol. The van der Waals surface area contributed by atoms with Crippen LogP contribution >= 0.6 is 0 Å². The van der Waals surface area contributed by atoms with Gasteiger partial charge >= 0.3 is 6.18 Å². The summed E-state index contributed by atoms with van der Waals surface area (Å²) >= 11 is 0. The molecule has 1 fully saturated rings. The van der Waals surface area contributed by atoms with E-state index < -0.39 is 12.8 Å². The third-order valence-electron chi connectivity index (χ3n) is 3.73. The molecule has 1 aromatic carbocycles. The van der Waals surface area contributed by atoms with Crippen molar-refractivity contribution < 1.29 is 22.7 Å². The molecule has 0 bridgehead atoms. The molecular weight excluding hydrogens is 309 g/mol. The molecule has 7 heteroatoms. The highest BCUT2D eigenvalue weighted by Gasteiger charge is 2.28. The fraction of sp³-hybridized carbons (Fsp3) is 0.562. The van der Waals surface area contributed by atoms with Crippen LogP contribution in [0.4, 0.5) is 13.2 Å². The van der Waals surface area contributed by atoms with Crippen molar-refractivity contribution in [3.63, 3.8) is 0 Å². The van der Waals surface area contributed by atoms with Crippen LogP contribution in [0, 0.1) is 5.92 Å². The summed E-state index contributed by atoms with van der Waals surface area (Å²) in [6, 6.07) is 6.32. The summed E-state index contributed by atoms with van der Waals surface area (Å²) in [6.45, 7) is 0.937. The van der Waals surface area contributed by atoms with Gasteiger partial charge in [0.1, 0.15) is 5.75 Å². The van der Waals surface area contributed by atoms with Crippen molar-refractivity contribution in [1.29, 1.82) is 0 Å². The van der Waals surface area contributed by atoms with E-state index in [1.54, 1.807) is 12.1 Å². The number of amides is 1. The molecule has 1 saturated heterocycles. The Morgan fingerprint density at radius 2 is 2.22 bits per heavy atom. The van der Waals surface area contributed by atoms with E-state index in [4.69, 9.17) is 0 Å². The van der Waals surface area contributed by atoms with Crippen LogP contribution in [0.15, 0.2) is 24.3 Å². The van der Waals surface area contributed by atoms with Crippen LogP contribution in [0.2, 0.25) is 0 Å². The SMILES string of the molecule is O=C(CCC1CCNC1)NCc1cccc(OCC(F)(F)F)c1. The lowest BCUT2D eigenvalue weighted by molar-refractivity contribution is -0.153.